The van der Waals surface area contributed by atoms with Crippen LogP contribution in [0.5, 0.6) is 0 Å². The van der Waals surface area contributed by atoms with Gasteiger partial charge in [-0.1, -0.05) is 25.4 Å². The van der Waals surface area contributed by atoms with Crippen molar-refractivity contribution >= 4 is 37.4 Å². The van der Waals surface area contributed by atoms with E-state index in [1.165, 1.54) is 41.9 Å². The summed E-state index contributed by atoms with van der Waals surface area (Å²) in [5, 5.41) is 4.63. The van der Waals surface area contributed by atoms with Gasteiger partial charge in [0.2, 0.25) is 0 Å². The summed E-state index contributed by atoms with van der Waals surface area (Å²) in [6.45, 7) is 4.63. The number of pyridine rings is 1. The Kier molecular flexibility index (Phi) is 12.3. The molecule has 0 radical (unpaired) electrons. The number of hydrogen-bond donors (Lipinski definition) is 0. The molecule has 5 rings (SSSR count). The third-order valence-corrected chi connectivity index (χ3v) is 11.4. The molecule has 0 amide bonds. The van der Waals surface area contributed by atoms with E-state index in [4.69, 9.17) is 11.6 Å². The predicted molar refractivity (Wildman–Crippen MR) is 184 cm³/mol. The van der Waals surface area contributed by atoms with E-state index in [0.29, 0.717) is 28.8 Å². The molecule has 0 saturated heterocycles. The van der Waals surface area contributed by atoms with Crippen molar-refractivity contribution in [2.45, 2.75) is 55.8 Å². The van der Waals surface area contributed by atoms with Crippen molar-refractivity contribution in [2.75, 3.05) is 11.5 Å². The Morgan fingerprint density at radius 3 is 2.08 bits per heavy atom. The number of alkyl halides is 6. The molecule has 5 aromatic rings. The summed E-state index contributed by atoms with van der Waals surface area (Å²) in [6, 6.07) is 5.33. The smallest absolute Gasteiger partial charge is 0.331 e. The van der Waals surface area contributed by atoms with Crippen LogP contribution in [0.4, 0.5) is 26.3 Å². The molecule has 0 aliphatic heterocycles. The minimum atomic E-state index is -4.74. The molecular weight excluding hydrogens is 774 g/mol. The number of rotatable bonds is 10. The number of halogens is 7. The SMILES string of the molecule is CCS(=O)(=O)c1cc(C(F)(F)F)ccc1-c1ncc(CCC(F)(F)F)n1C.CCS(=O)(=O)c1ccc(-n2cncn2)nc1-c1ncc(/C=C(/C)Cl)n1C. The van der Waals surface area contributed by atoms with Crippen molar-refractivity contribution in [3.63, 3.8) is 0 Å². The fourth-order valence-electron chi connectivity index (χ4n) is 4.93. The van der Waals surface area contributed by atoms with Gasteiger partial charge >= 0.3 is 12.4 Å². The standard InChI is InChI=1S/C16H17ClN6O2S.C16H16F6N2O2S/c1-4-26(24,25)13-5-6-14(23-10-18-9-20-23)21-15(13)16-19-8-12(22(16)3)7-11(2)17;1-3-27(25,26)13-8-10(16(20,21)22)4-5-12(13)14-23-9-11(24(14)2)6-7-15(17,18)19/h5-10H,4H2,1-3H3;4-5,8-9H,3,6-7H2,1-2H3/b11-7-;. The van der Waals surface area contributed by atoms with E-state index < -0.39 is 54.7 Å². The highest BCUT2D eigenvalue weighted by Gasteiger charge is 2.34. The number of allylic oxidation sites excluding steroid dienone is 1. The van der Waals surface area contributed by atoms with Gasteiger partial charge in [0, 0.05) is 43.0 Å². The zero-order valence-corrected chi connectivity index (χ0v) is 31.2. The average molecular weight is 807 g/mol. The number of sulfone groups is 2. The van der Waals surface area contributed by atoms with Crippen molar-refractivity contribution in [3.8, 4) is 28.7 Å². The molecule has 12 nitrogen and oxygen atoms in total. The molecule has 0 fully saturated rings. The van der Waals surface area contributed by atoms with Crippen molar-refractivity contribution in [3.05, 3.63) is 77.4 Å². The van der Waals surface area contributed by atoms with E-state index in [2.05, 4.69) is 25.0 Å². The molecule has 0 bridgehead atoms. The van der Waals surface area contributed by atoms with Crippen molar-refractivity contribution < 1.29 is 43.2 Å². The first-order valence-corrected chi connectivity index (χ1v) is 19.2. The van der Waals surface area contributed by atoms with Gasteiger partial charge in [0.15, 0.2) is 31.3 Å². The number of aromatic nitrogens is 8. The third-order valence-electron chi connectivity index (χ3n) is 7.81. The van der Waals surface area contributed by atoms with Gasteiger partial charge in [-0.3, -0.25) is 0 Å². The zero-order chi connectivity index (χ0) is 39.5. The Balaban J connectivity index is 0.000000237. The average Bonchev–Trinajstić information content (AvgIpc) is 3.84. The summed E-state index contributed by atoms with van der Waals surface area (Å²) in [4.78, 5) is 16.2. The Bertz CT molecular complexity index is 2330. The van der Waals surface area contributed by atoms with Gasteiger partial charge in [0.25, 0.3) is 0 Å². The molecule has 0 unspecified atom stereocenters. The lowest BCUT2D eigenvalue weighted by Crippen LogP contribution is -2.12. The first-order chi connectivity index (χ1) is 24.6. The second-order valence-corrected chi connectivity index (χ2v) is 16.5. The molecule has 4 heterocycles. The van der Waals surface area contributed by atoms with E-state index >= 15 is 0 Å². The van der Waals surface area contributed by atoms with Gasteiger partial charge < -0.3 is 9.13 Å². The van der Waals surface area contributed by atoms with Crippen molar-refractivity contribution in [1.82, 2.24) is 38.9 Å². The second kappa shape index (κ2) is 15.8. The topological polar surface area (TPSA) is 148 Å². The van der Waals surface area contributed by atoms with E-state index in [0.717, 1.165) is 18.0 Å². The molecule has 0 aliphatic rings. The van der Waals surface area contributed by atoms with Crippen LogP contribution in [0.2, 0.25) is 0 Å². The second-order valence-electron chi connectivity index (χ2n) is 11.4. The Hall–Kier alpha value is -4.56. The lowest BCUT2D eigenvalue weighted by Gasteiger charge is -2.14. The van der Waals surface area contributed by atoms with Gasteiger partial charge in [0.05, 0.1) is 38.8 Å². The number of hydrogen-bond acceptors (Lipinski definition) is 9. The molecule has 0 aliphatic carbocycles. The summed E-state index contributed by atoms with van der Waals surface area (Å²) in [5.41, 5.74) is -0.0491. The first-order valence-electron chi connectivity index (χ1n) is 15.6. The predicted octanol–water partition coefficient (Wildman–Crippen LogP) is 6.85. The van der Waals surface area contributed by atoms with E-state index in [9.17, 15) is 43.2 Å². The lowest BCUT2D eigenvalue weighted by atomic mass is 10.1. The Morgan fingerprint density at radius 2 is 1.51 bits per heavy atom. The summed E-state index contributed by atoms with van der Waals surface area (Å²) in [7, 11) is -4.37. The zero-order valence-electron chi connectivity index (χ0n) is 28.8. The van der Waals surface area contributed by atoms with Crippen LogP contribution in [0.25, 0.3) is 34.8 Å². The largest absolute Gasteiger partial charge is 0.416 e. The normalized spacial score (nSPS) is 12.9. The maximum atomic E-state index is 13.0. The molecule has 0 atom stereocenters. The van der Waals surface area contributed by atoms with Crippen LogP contribution < -0.4 is 0 Å². The van der Waals surface area contributed by atoms with Crippen LogP contribution in [0.3, 0.4) is 0 Å². The lowest BCUT2D eigenvalue weighted by molar-refractivity contribution is -0.137. The molecule has 1 aromatic carbocycles. The van der Waals surface area contributed by atoms with Crippen LogP contribution >= 0.6 is 11.6 Å². The highest BCUT2D eigenvalue weighted by atomic mass is 35.5. The molecule has 53 heavy (non-hydrogen) atoms. The molecule has 0 saturated carbocycles. The summed E-state index contributed by atoms with van der Waals surface area (Å²) in [5.74, 6) is 0.367. The number of nitrogens with zero attached hydrogens (tertiary/aromatic N) is 8. The number of imidazole rings is 2. The van der Waals surface area contributed by atoms with Crippen LogP contribution in [0.15, 0.2) is 70.2 Å². The Morgan fingerprint density at radius 1 is 0.868 bits per heavy atom. The summed E-state index contributed by atoms with van der Waals surface area (Å²) in [6.07, 6.45) is -3.22. The van der Waals surface area contributed by atoms with Crippen LogP contribution in [0.1, 0.15) is 44.1 Å². The minimum Gasteiger partial charge on any atom is -0.331 e. The highest BCUT2D eigenvalue weighted by Crippen LogP contribution is 2.36. The van der Waals surface area contributed by atoms with Crippen molar-refractivity contribution in [1.29, 1.82) is 0 Å². The maximum Gasteiger partial charge on any atom is 0.416 e. The van der Waals surface area contributed by atoms with Crippen LogP contribution in [-0.4, -0.2) is 73.4 Å². The molecule has 286 valence electrons. The molecule has 21 heteroatoms. The fourth-order valence-corrected chi connectivity index (χ4v) is 7.17. The minimum absolute atomic E-state index is 0.0204. The molecular formula is C32H33ClF6N8O4S2. The van der Waals surface area contributed by atoms with E-state index in [1.54, 1.807) is 43.8 Å². The highest BCUT2D eigenvalue weighted by molar-refractivity contribution is 7.91. The van der Waals surface area contributed by atoms with Crippen LogP contribution in [0, 0.1) is 0 Å². The van der Waals surface area contributed by atoms with Gasteiger partial charge in [-0.25, -0.2) is 41.5 Å². The number of benzene rings is 1. The molecule has 4 aromatic heterocycles. The summed E-state index contributed by atoms with van der Waals surface area (Å²) < 4.78 is 130. The van der Waals surface area contributed by atoms with E-state index in [1.807, 2.05) is 0 Å². The summed E-state index contributed by atoms with van der Waals surface area (Å²) >= 11 is 5.95. The third kappa shape index (κ3) is 9.71. The van der Waals surface area contributed by atoms with Gasteiger partial charge in [-0.15, -0.1) is 0 Å². The first kappa shape index (κ1) is 41.2. The van der Waals surface area contributed by atoms with Crippen LogP contribution in [-0.2, 0) is 46.4 Å². The maximum absolute atomic E-state index is 13.0. The quantitative estimate of drug-likeness (QED) is 0.138. The monoisotopic (exact) mass is 806 g/mol. The Labute approximate surface area is 306 Å². The molecule has 0 spiro atoms. The number of aryl methyl sites for hydroxylation is 1. The van der Waals surface area contributed by atoms with E-state index in [-0.39, 0.29) is 39.8 Å². The van der Waals surface area contributed by atoms with Gasteiger partial charge in [-0.05, 0) is 49.8 Å². The molecule has 0 N–H and O–H groups in total. The van der Waals surface area contributed by atoms with Crippen molar-refractivity contribution in [2.24, 2.45) is 14.1 Å². The van der Waals surface area contributed by atoms with Gasteiger partial charge in [0.1, 0.15) is 24.2 Å². The van der Waals surface area contributed by atoms with Gasteiger partial charge in [-0.2, -0.15) is 31.4 Å². The fraction of sp³-hybridized carbons (Fsp3) is 0.344.